The van der Waals surface area contributed by atoms with Crippen molar-refractivity contribution in [2.45, 2.75) is 18.7 Å². The number of thioether (sulfide) groups is 1. The van der Waals surface area contributed by atoms with Gasteiger partial charge in [0.25, 0.3) is 0 Å². The maximum absolute atomic E-state index is 11.4. The van der Waals surface area contributed by atoms with E-state index in [1.54, 1.807) is 25.6 Å². The van der Waals surface area contributed by atoms with Crippen molar-refractivity contribution >= 4 is 23.8 Å². The van der Waals surface area contributed by atoms with Crippen LogP contribution in [-0.2, 0) is 9.53 Å². The van der Waals surface area contributed by atoms with Gasteiger partial charge >= 0.3 is 5.97 Å². The molecule has 0 aliphatic rings. The van der Waals surface area contributed by atoms with Crippen molar-refractivity contribution in [3.8, 4) is 0 Å². The van der Waals surface area contributed by atoms with Crippen LogP contribution in [0.5, 0.6) is 0 Å². The van der Waals surface area contributed by atoms with Crippen LogP contribution in [0.4, 0.5) is 0 Å². The van der Waals surface area contributed by atoms with E-state index >= 15 is 0 Å². The highest BCUT2D eigenvalue weighted by Gasteiger charge is 2.03. The Morgan fingerprint density at radius 3 is 2.50 bits per heavy atom. The molecular weight excluding hydrogens is 220 g/mol. The average molecular weight is 236 g/mol. The van der Waals surface area contributed by atoms with Crippen LogP contribution < -0.4 is 0 Å². The van der Waals surface area contributed by atoms with Gasteiger partial charge in [0, 0.05) is 10.5 Å². The Labute approximate surface area is 101 Å². The lowest BCUT2D eigenvalue weighted by Gasteiger charge is -2.02. The number of benzene rings is 1. The van der Waals surface area contributed by atoms with E-state index in [0.29, 0.717) is 12.2 Å². The van der Waals surface area contributed by atoms with E-state index in [1.165, 1.54) is 4.90 Å². The predicted molar refractivity (Wildman–Crippen MR) is 68.5 cm³/mol. The molecule has 16 heavy (non-hydrogen) atoms. The number of rotatable bonds is 4. The zero-order chi connectivity index (χ0) is 12.0. The summed E-state index contributed by atoms with van der Waals surface area (Å²) < 4.78 is 4.91. The van der Waals surface area contributed by atoms with Gasteiger partial charge in [-0.15, -0.1) is 11.8 Å². The molecule has 0 N–H and O–H groups in total. The SMILES string of the molecule is CCOC(=O)C(C)=Cc1ccc(SC)cc1. The monoisotopic (exact) mass is 236 g/mol. The Balaban J connectivity index is 2.77. The van der Waals surface area contributed by atoms with Crippen molar-refractivity contribution in [2.24, 2.45) is 0 Å². The third kappa shape index (κ3) is 3.74. The third-order valence-corrected chi connectivity index (χ3v) is 2.84. The van der Waals surface area contributed by atoms with Gasteiger partial charge in [-0.1, -0.05) is 12.1 Å². The van der Waals surface area contributed by atoms with Crippen LogP contribution in [0.2, 0.25) is 0 Å². The van der Waals surface area contributed by atoms with Crippen LogP contribution in [0.1, 0.15) is 19.4 Å². The third-order valence-electron chi connectivity index (χ3n) is 2.10. The topological polar surface area (TPSA) is 26.3 Å². The summed E-state index contributed by atoms with van der Waals surface area (Å²) >= 11 is 1.70. The van der Waals surface area contributed by atoms with Crippen molar-refractivity contribution < 1.29 is 9.53 Å². The molecule has 0 aromatic heterocycles. The molecule has 0 bridgehead atoms. The van der Waals surface area contributed by atoms with E-state index in [9.17, 15) is 4.79 Å². The molecule has 0 amide bonds. The van der Waals surface area contributed by atoms with Gasteiger partial charge in [0.2, 0.25) is 0 Å². The van der Waals surface area contributed by atoms with Gasteiger partial charge in [-0.05, 0) is 43.9 Å². The van der Waals surface area contributed by atoms with Crippen molar-refractivity contribution in [1.82, 2.24) is 0 Å². The lowest BCUT2D eigenvalue weighted by Crippen LogP contribution is -2.04. The van der Waals surface area contributed by atoms with Gasteiger partial charge in [-0.3, -0.25) is 0 Å². The predicted octanol–water partition coefficient (Wildman–Crippen LogP) is 3.37. The van der Waals surface area contributed by atoms with Gasteiger partial charge in [0.1, 0.15) is 0 Å². The average Bonchev–Trinajstić information content (AvgIpc) is 2.30. The second-order valence-electron chi connectivity index (χ2n) is 3.32. The molecule has 1 rings (SSSR count). The fraction of sp³-hybridized carbons (Fsp3) is 0.308. The van der Waals surface area contributed by atoms with E-state index in [-0.39, 0.29) is 5.97 Å². The fourth-order valence-corrected chi connectivity index (χ4v) is 1.66. The second kappa shape index (κ2) is 6.38. The summed E-state index contributed by atoms with van der Waals surface area (Å²) in [6, 6.07) is 8.06. The Bertz CT molecular complexity index is 379. The van der Waals surface area contributed by atoms with E-state index in [0.717, 1.165) is 5.56 Å². The Hall–Kier alpha value is -1.22. The first kappa shape index (κ1) is 12.8. The van der Waals surface area contributed by atoms with Gasteiger partial charge in [0.05, 0.1) is 6.61 Å². The van der Waals surface area contributed by atoms with E-state index < -0.39 is 0 Å². The van der Waals surface area contributed by atoms with Crippen molar-refractivity contribution in [2.75, 3.05) is 12.9 Å². The van der Waals surface area contributed by atoms with E-state index in [4.69, 9.17) is 4.74 Å². The van der Waals surface area contributed by atoms with Gasteiger partial charge in [-0.25, -0.2) is 4.79 Å². The molecule has 0 saturated carbocycles. The minimum absolute atomic E-state index is 0.253. The first-order valence-corrected chi connectivity index (χ1v) is 6.39. The smallest absolute Gasteiger partial charge is 0.333 e. The number of hydrogen-bond donors (Lipinski definition) is 0. The van der Waals surface area contributed by atoms with Crippen molar-refractivity contribution in [3.05, 3.63) is 35.4 Å². The fourth-order valence-electron chi connectivity index (χ4n) is 1.25. The van der Waals surface area contributed by atoms with Crippen LogP contribution in [0.3, 0.4) is 0 Å². The first-order valence-electron chi connectivity index (χ1n) is 5.17. The minimum atomic E-state index is -0.253. The largest absolute Gasteiger partial charge is 0.463 e. The van der Waals surface area contributed by atoms with Crippen LogP contribution in [0, 0.1) is 0 Å². The molecule has 1 aromatic rings. The van der Waals surface area contributed by atoms with Gasteiger partial charge < -0.3 is 4.74 Å². The van der Waals surface area contributed by atoms with Crippen molar-refractivity contribution in [3.63, 3.8) is 0 Å². The highest BCUT2D eigenvalue weighted by atomic mass is 32.2. The summed E-state index contributed by atoms with van der Waals surface area (Å²) in [6.45, 7) is 3.98. The maximum Gasteiger partial charge on any atom is 0.333 e. The molecular formula is C13H16O2S. The molecule has 0 heterocycles. The van der Waals surface area contributed by atoms with Gasteiger partial charge in [0.15, 0.2) is 0 Å². The quantitative estimate of drug-likeness (QED) is 0.455. The number of ether oxygens (including phenoxy) is 1. The molecule has 0 aliphatic carbocycles. The summed E-state index contributed by atoms with van der Waals surface area (Å²) in [5, 5.41) is 0. The summed E-state index contributed by atoms with van der Waals surface area (Å²) in [7, 11) is 0. The minimum Gasteiger partial charge on any atom is -0.463 e. The van der Waals surface area contributed by atoms with E-state index in [1.807, 2.05) is 36.6 Å². The van der Waals surface area contributed by atoms with Crippen LogP contribution in [0.15, 0.2) is 34.7 Å². The molecule has 0 fully saturated rings. The molecule has 1 aromatic carbocycles. The van der Waals surface area contributed by atoms with Crippen LogP contribution in [0.25, 0.3) is 6.08 Å². The molecule has 0 atom stereocenters. The maximum atomic E-state index is 11.4. The van der Waals surface area contributed by atoms with Crippen molar-refractivity contribution in [1.29, 1.82) is 0 Å². The molecule has 0 radical (unpaired) electrons. The molecule has 3 heteroatoms. The zero-order valence-corrected chi connectivity index (χ0v) is 10.6. The Morgan fingerprint density at radius 1 is 1.38 bits per heavy atom. The molecule has 0 spiro atoms. The molecule has 86 valence electrons. The molecule has 2 nitrogen and oxygen atoms in total. The summed E-state index contributed by atoms with van der Waals surface area (Å²) in [5.41, 5.74) is 1.64. The lowest BCUT2D eigenvalue weighted by atomic mass is 10.1. The lowest BCUT2D eigenvalue weighted by molar-refractivity contribution is -0.138. The summed E-state index contributed by atoms with van der Waals surface area (Å²) in [5.74, 6) is -0.253. The Kier molecular flexibility index (Phi) is 5.12. The number of carbonyl (C=O) groups excluding carboxylic acids is 1. The molecule has 0 aliphatic heterocycles. The van der Waals surface area contributed by atoms with Crippen LogP contribution >= 0.6 is 11.8 Å². The van der Waals surface area contributed by atoms with E-state index in [2.05, 4.69) is 0 Å². The summed E-state index contributed by atoms with van der Waals surface area (Å²) in [4.78, 5) is 12.6. The second-order valence-corrected chi connectivity index (χ2v) is 4.20. The Morgan fingerprint density at radius 2 is 2.00 bits per heavy atom. The number of carbonyl (C=O) groups is 1. The van der Waals surface area contributed by atoms with Crippen LogP contribution in [-0.4, -0.2) is 18.8 Å². The summed E-state index contributed by atoms with van der Waals surface area (Å²) in [6.07, 6.45) is 3.87. The zero-order valence-electron chi connectivity index (χ0n) is 9.82. The number of hydrogen-bond acceptors (Lipinski definition) is 3. The highest BCUT2D eigenvalue weighted by molar-refractivity contribution is 7.98. The molecule has 0 saturated heterocycles. The standard InChI is InChI=1S/C13H16O2S/c1-4-15-13(14)10(2)9-11-5-7-12(16-3)8-6-11/h5-9H,4H2,1-3H3. The molecule has 0 unspecified atom stereocenters. The van der Waals surface area contributed by atoms with Gasteiger partial charge in [-0.2, -0.15) is 0 Å². The first-order chi connectivity index (χ1) is 7.67. The number of esters is 1. The highest BCUT2D eigenvalue weighted by Crippen LogP contribution is 2.16. The normalized spacial score (nSPS) is 11.3.